The molecule has 7 nitrogen and oxygen atoms in total. The first-order chi connectivity index (χ1) is 12.6. The fraction of sp³-hybridized carbons (Fsp3) is 0.368. The van der Waals surface area contributed by atoms with Crippen LogP contribution in [0.2, 0.25) is 0 Å². The molecule has 26 heavy (non-hydrogen) atoms. The molecule has 0 bridgehead atoms. The summed E-state index contributed by atoms with van der Waals surface area (Å²) in [5.74, 6) is 1.28. The number of aryl methyl sites for hydroxylation is 1. The molecular weight excluding hydrogens is 328 g/mol. The zero-order valence-corrected chi connectivity index (χ0v) is 16.2. The average Bonchev–Trinajstić information content (AvgIpc) is 2.65. The Morgan fingerprint density at radius 2 is 1.85 bits per heavy atom. The van der Waals surface area contributed by atoms with Crippen LogP contribution in [-0.4, -0.2) is 19.5 Å². The molecule has 3 N–H and O–H groups in total. The van der Waals surface area contributed by atoms with Gasteiger partial charge in [-0.15, -0.1) is 0 Å². The molecule has 7 heteroatoms. The lowest BCUT2D eigenvalue weighted by Crippen LogP contribution is -2.19. The Kier molecular flexibility index (Phi) is 8.77. The smallest absolute Gasteiger partial charge is 0.262 e. The Bertz CT molecular complexity index is 861. The highest BCUT2D eigenvalue weighted by Crippen LogP contribution is 2.21. The molecule has 0 radical (unpaired) electrons. The maximum Gasteiger partial charge on any atom is 0.262 e. The zero-order chi connectivity index (χ0) is 19.5. The number of hydrogen-bond donors (Lipinski definition) is 2. The first-order valence-electron chi connectivity index (χ1n) is 8.93. The third-order valence-corrected chi connectivity index (χ3v) is 3.15. The number of nitrogen functional groups attached to an aromatic ring is 1. The van der Waals surface area contributed by atoms with Crippen LogP contribution in [0.4, 0.5) is 17.5 Å². The van der Waals surface area contributed by atoms with Crippen molar-refractivity contribution in [2.45, 2.75) is 47.6 Å². The van der Waals surface area contributed by atoms with Gasteiger partial charge in [-0.25, -0.2) is 9.97 Å². The van der Waals surface area contributed by atoms with E-state index < -0.39 is 0 Å². The van der Waals surface area contributed by atoms with Crippen molar-refractivity contribution in [2.24, 2.45) is 0 Å². The molecule has 0 unspecified atom stereocenters. The number of rotatable bonds is 3. The van der Waals surface area contributed by atoms with E-state index >= 15 is 0 Å². The molecule has 0 saturated carbocycles. The quantitative estimate of drug-likeness (QED) is 0.736. The van der Waals surface area contributed by atoms with Crippen molar-refractivity contribution < 1.29 is 0 Å². The van der Waals surface area contributed by atoms with Gasteiger partial charge in [0, 0.05) is 25.1 Å². The molecule has 0 atom stereocenters. The summed E-state index contributed by atoms with van der Waals surface area (Å²) in [5, 5.41) is 4.19. The second-order valence-corrected chi connectivity index (χ2v) is 5.19. The van der Waals surface area contributed by atoms with Crippen LogP contribution in [-0.2, 0) is 6.54 Å². The highest BCUT2D eigenvalue weighted by atomic mass is 16.1. The highest BCUT2D eigenvalue weighted by Gasteiger charge is 2.09. The van der Waals surface area contributed by atoms with Gasteiger partial charge in [0.15, 0.2) is 0 Å². The largest absolute Gasteiger partial charge is 0.383 e. The van der Waals surface area contributed by atoms with Crippen molar-refractivity contribution in [2.75, 3.05) is 11.1 Å². The molecule has 0 aliphatic carbocycles. The number of hydrogen-bond acceptors (Lipinski definition) is 6. The molecule has 0 spiro atoms. The number of nitrogens with zero attached hydrogens (tertiary/aromatic N) is 4. The summed E-state index contributed by atoms with van der Waals surface area (Å²) in [6.07, 6.45) is 7.74. The summed E-state index contributed by atoms with van der Waals surface area (Å²) in [7, 11) is 0. The normalized spacial score (nSPS) is 9.58. The van der Waals surface area contributed by atoms with Crippen molar-refractivity contribution in [1.29, 1.82) is 0 Å². The number of pyridine rings is 2. The van der Waals surface area contributed by atoms with Crippen LogP contribution in [0.3, 0.4) is 0 Å². The maximum absolute atomic E-state index is 12.3. The van der Waals surface area contributed by atoms with E-state index in [4.69, 9.17) is 5.73 Å². The van der Waals surface area contributed by atoms with Gasteiger partial charge in [0.05, 0.1) is 11.6 Å². The Hall–Kier alpha value is -2.96. The van der Waals surface area contributed by atoms with E-state index in [-0.39, 0.29) is 11.4 Å². The Morgan fingerprint density at radius 3 is 2.42 bits per heavy atom. The summed E-state index contributed by atoms with van der Waals surface area (Å²) < 4.78 is 1.59. The van der Waals surface area contributed by atoms with Crippen LogP contribution in [0.1, 0.15) is 41.0 Å². The summed E-state index contributed by atoms with van der Waals surface area (Å²) in [4.78, 5) is 24.5. The molecule has 0 aromatic carbocycles. The second-order valence-electron chi connectivity index (χ2n) is 5.19. The SMILES string of the molecule is CC.CCC.CCn1ccc2cc(Nc3cnccn3)nc(N)c2c1=O. The summed E-state index contributed by atoms with van der Waals surface area (Å²) in [6, 6.07) is 3.61. The van der Waals surface area contributed by atoms with Crippen LogP contribution in [0.25, 0.3) is 10.8 Å². The standard InChI is InChI=1S/C14H14N6O.C3H8.C2H6/c1-2-20-6-3-9-7-10(18-11-8-16-4-5-17-11)19-13(15)12(9)14(20)21;1-3-2;1-2/h3-8H,2H2,1H3,(H3,15,17,18,19);3H2,1-2H3;1-2H3. The van der Waals surface area contributed by atoms with Gasteiger partial charge in [-0.05, 0) is 24.4 Å². The minimum Gasteiger partial charge on any atom is -0.383 e. The van der Waals surface area contributed by atoms with Crippen molar-refractivity contribution in [3.05, 3.63) is 47.3 Å². The number of anilines is 3. The van der Waals surface area contributed by atoms with E-state index in [1.165, 1.54) is 6.42 Å². The van der Waals surface area contributed by atoms with Gasteiger partial charge in [0.1, 0.15) is 17.5 Å². The van der Waals surface area contributed by atoms with Crippen molar-refractivity contribution in [3.63, 3.8) is 0 Å². The van der Waals surface area contributed by atoms with Crippen LogP contribution in [0.5, 0.6) is 0 Å². The second kappa shape index (κ2) is 10.8. The van der Waals surface area contributed by atoms with Gasteiger partial charge in [0.25, 0.3) is 5.56 Å². The molecule has 0 aliphatic heterocycles. The maximum atomic E-state index is 12.3. The fourth-order valence-electron chi connectivity index (χ4n) is 2.14. The van der Waals surface area contributed by atoms with E-state index in [1.54, 1.807) is 35.4 Å². The van der Waals surface area contributed by atoms with E-state index in [0.717, 1.165) is 5.39 Å². The number of fused-ring (bicyclic) bond motifs is 1. The van der Waals surface area contributed by atoms with Crippen LogP contribution >= 0.6 is 0 Å². The molecule has 140 valence electrons. The molecule has 0 fully saturated rings. The minimum absolute atomic E-state index is 0.133. The summed E-state index contributed by atoms with van der Waals surface area (Å²) in [6.45, 7) is 10.7. The van der Waals surface area contributed by atoms with E-state index in [0.29, 0.717) is 23.6 Å². The molecule has 0 aliphatic rings. The lowest BCUT2D eigenvalue weighted by molar-refractivity contribution is 0.735. The van der Waals surface area contributed by atoms with E-state index in [9.17, 15) is 4.79 Å². The third-order valence-electron chi connectivity index (χ3n) is 3.15. The van der Waals surface area contributed by atoms with Crippen molar-refractivity contribution in [3.8, 4) is 0 Å². The van der Waals surface area contributed by atoms with Gasteiger partial charge < -0.3 is 15.6 Å². The first kappa shape index (κ1) is 21.1. The Morgan fingerprint density at radius 1 is 1.15 bits per heavy atom. The molecule has 3 aromatic rings. The predicted molar refractivity (Wildman–Crippen MR) is 109 cm³/mol. The monoisotopic (exact) mass is 356 g/mol. The molecule has 3 aromatic heterocycles. The molecule has 3 heterocycles. The van der Waals surface area contributed by atoms with Gasteiger partial charge >= 0.3 is 0 Å². The van der Waals surface area contributed by atoms with Crippen LogP contribution in [0.15, 0.2) is 41.7 Å². The summed E-state index contributed by atoms with van der Waals surface area (Å²) >= 11 is 0. The lowest BCUT2D eigenvalue weighted by Gasteiger charge is -2.09. The molecule has 3 rings (SSSR count). The lowest BCUT2D eigenvalue weighted by atomic mass is 10.2. The molecule has 0 amide bonds. The summed E-state index contributed by atoms with van der Waals surface area (Å²) in [5.41, 5.74) is 5.80. The van der Waals surface area contributed by atoms with Crippen LogP contribution in [0, 0.1) is 0 Å². The minimum atomic E-state index is -0.133. The zero-order valence-electron chi connectivity index (χ0n) is 16.2. The number of nitrogens with two attached hydrogens (primary N) is 1. The van der Waals surface area contributed by atoms with Crippen molar-refractivity contribution >= 4 is 28.2 Å². The van der Waals surface area contributed by atoms with E-state index in [2.05, 4.69) is 34.1 Å². The highest BCUT2D eigenvalue weighted by molar-refractivity contribution is 5.92. The van der Waals surface area contributed by atoms with Crippen LogP contribution < -0.4 is 16.6 Å². The average molecular weight is 356 g/mol. The first-order valence-corrected chi connectivity index (χ1v) is 8.93. The number of aromatic nitrogens is 4. The topological polar surface area (TPSA) is 98.7 Å². The fourth-order valence-corrected chi connectivity index (χ4v) is 2.14. The van der Waals surface area contributed by atoms with Crippen molar-refractivity contribution in [1.82, 2.24) is 19.5 Å². The molecular formula is C19H28N6O. The third kappa shape index (κ3) is 5.27. The Labute approximate surface area is 154 Å². The predicted octanol–water partition coefficient (Wildman–Crippen LogP) is 3.97. The van der Waals surface area contributed by atoms with Gasteiger partial charge in [-0.2, -0.15) is 0 Å². The van der Waals surface area contributed by atoms with Gasteiger partial charge in [-0.3, -0.25) is 9.78 Å². The van der Waals surface area contributed by atoms with E-state index in [1.807, 2.05) is 26.8 Å². The molecule has 0 saturated heterocycles. The number of nitrogens with one attached hydrogen (secondary N) is 1. The van der Waals surface area contributed by atoms with Gasteiger partial charge in [-0.1, -0.05) is 34.1 Å². The Balaban J connectivity index is 0.000000615. The van der Waals surface area contributed by atoms with Gasteiger partial charge in [0.2, 0.25) is 0 Å².